The van der Waals surface area contributed by atoms with E-state index < -0.39 is 5.41 Å². The highest BCUT2D eigenvalue weighted by Crippen LogP contribution is 2.23. The topological polar surface area (TPSA) is 45.0 Å². The molecular formula is C18H20N2O. The molecule has 21 heavy (non-hydrogen) atoms. The summed E-state index contributed by atoms with van der Waals surface area (Å²) in [5.41, 5.74) is 2.81. The Morgan fingerprint density at radius 3 is 2.19 bits per heavy atom. The fourth-order valence-corrected chi connectivity index (χ4v) is 2.02. The van der Waals surface area contributed by atoms with E-state index in [4.69, 9.17) is 10.00 Å². The van der Waals surface area contributed by atoms with Gasteiger partial charge in [-0.1, -0.05) is 24.3 Å². The van der Waals surface area contributed by atoms with Crippen LogP contribution in [0, 0.1) is 11.3 Å². The van der Waals surface area contributed by atoms with Crippen molar-refractivity contribution >= 4 is 5.69 Å². The summed E-state index contributed by atoms with van der Waals surface area (Å²) in [4.78, 5) is 0. The van der Waals surface area contributed by atoms with Gasteiger partial charge < -0.3 is 10.1 Å². The molecule has 1 N–H and O–H groups in total. The summed E-state index contributed by atoms with van der Waals surface area (Å²) < 4.78 is 5.14. The van der Waals surface area contributed by atoms with Crippen LogP contribution in [-0.4, -0.2) is 7.11 Å². The molecular weight excluding hydrogens is 260 g/mol. The Kier molecular flexibility index (Phi) is 4.49. The first kappa shape index (κ1) is 14.9. The highest BCUT2D eigenvalue weighted by molar-refractivity contribution is 5.47. The van der Waals surface area contributed by atoms with Crippen LogP contribution in [0.25, 0.3) is 0 Å². The fourth-order valence-electron chi connectivity index (χ4n) is 2.02. The van der Waals surface area contributed by atoms with E-state index in [9.17, 15) is 0 Å². The van der Waals surface area contributed by atoms with Crippen molar-refractivity contribution in [3.63, 3.8) is 0 Å². The van der Waals surface area contributed by atoms with Gasteiger partial charge in [0.25, 0.3) is 0 Å². The molecule has 0 aliphatic heterocycles. The molecule has 0 aliphatic rings. The number of nitrogens with zero attached hydrogens (tertiary/aromatic N) is 1. The molecule has 0 heterocycles. The molecule has 2 rings (SSSR count). The number of nitrogens with one attached hydrogen (secondary N) is 1. The Bertz CT molecular complexity index is 622. The van der Waals surface area contributed by atoms with Crippen LogP contribution in [0.15, 0.2) is 48.5 Å². The maximum absolute atomic E-state index is 9.14. The third-order valence-corrected chi connectivity index (χ3v) is 3.54. The van der Waals surface area contributed by atoms with Crippen molar-refractivity contribution in [2.45, 2.75) is 25.8 Å². The van der Waals surface area contributed by atoms with Gasteiger partial charge in [-0.25, -0.2) is 0 Å². The van der Waals surface area contributed by atoms with Crippen molar-refractivity contribution in [1.29, 1.82) is 5.26 Å². The average Bonchev–Trinajstić information content (AvgIpc) is 2.54. The SMILES string of the molecule is COc1ccc(CNc2ccc(C(C)(C)C#N)cc2)cc1. The minimum absolute atomic E-state index is 0.450. The van der Waals surface area contributed by atoms with Gasteiger partial charge in [0.15, 0.2) is 0 Å². The average molecular weight is 280 g/mol. The summed E-state index contributed by atoms with van der Waals surface area (Å²) in [5, 5.41) is 12.5. The van der Waals surface area contributed by atoms with Gasteiger partial charge >= 0.3 is 0 Å². The molecule has 0 spiro atoms. The van der Waals surface area contributed by atoms with E-state index in [1.54, 1.807) is 7.11 Å². The van der Waals surface area contributed by atoms with Gasteiger partial charge in [0, 0.05) is 12.2 Å². The van der Waals surface area contributed by atoms with Crippen molar-refractivity contribution in [3.05, 3.63) is 59.7 Å². The normalized spacial score (nSPS) is 10.8. The van der Waals surface area contributed by atoms with Crippen LogP contribution in [0.5, 0.6) is 5.75 Å². The van der Waals surface area contributed by atoms with E-state index in [1.165, 1.54) is 5.56 Å². The van der Waals surface area contributed by atoms with Crippen molar-refractivity contribution in [3.8, 4) is 11.8 Å². The van der Waals surface area contributed by atoms with Crippen molar-refractivity contribution in [2.24, 2.45) is 0 Å². The quantitative estimate of drug-likeness (QED) is 0.896. The Balaban J connectivity index is 1.99. The van der Waals surface area contributed by atoms with Gasteiger partial charge in [0.2, 0.25) is 0 Å². The van der Waals surface area contributed by atoms with Gasteiger partial charge in [0.1, 0.15) is 5.75 Å². The van der Waals surface area contributed by atoms with Gasteiger partial charge in [-0.05, 0) is 49.2 Å². The summed E-state index contributed by atoms with van der Waals surface area (Å²) in [6, 6.07) is 18.3. The molecule has 0 aromatic heterocycles. The minimum atomic E-state index is -0.450. The smallest absolute Gasteiger partial charge is 0.118 e. The number of benzene rings is 2. The number of rotatable bonds is 5. The Morgan fingerprint density at radius 1 is 1.05 bits per heavy atom. The number of ether oxygens (including phenoxy) is 1. The predicted octanol–water partition coefficient (Wildman–Crippen LogP) is 4.11. The van der Waals surface area contributed by atoms with E-state index in [0.717, 1.165) is 23.5 Å². The lowest BCUT2D eigenvalue weighted by Crippen LogP contribution is -2.13. The largest absolute Gasteiger partial charge is 0.497 e. The summed E-state index contributed by atoms with van der Waals surface area (Å²) in [5.74, 6) is 0.863. The van der Waals surface area contributed by atoms with Crippen LogP contribution in [0.1, 0.15) is 25.0 Å². The van der Waals surface area contributed by atoms with E-state index in [2.05, 4.69) is 11.4 Å². The van der Waals surface area contributed by atoms with Gasteiger partial charge in [-0.15, -0.1) is 0 Å². The lowest BCUT2D eigenvalue weighted by molar-refractivity contribution is 0.414. The molecule has 0 unspecified atom stereocenters. The van der Waals surface area contributed by atoms with Crippen LogP contribution in [0.2, 0.25) is 0 Å². The number of hydrogen-bond acceptors (Lipinski definition) is 3. The zero-order valence-electron chi connectivity index (χ0n) is 12.7. The first-order chi connectivity index (χ1) is 10.0. The number of hydrogen-bond donors (Lipinski definition) is 1. The molecule has 3 nitrogen and oxygen atoms in total. The molecule has 2 aromatic carbocycles. The van der Waals surface area contributed by atoms with Crippen LogP contribution in [0.3, 0.4) is 0 Å². The van der Waals surface area contributed by atoms with Crippen molar-refractivity contribution in [2.75, 3.05) is 12.4 Å². The van der Waals surface area contributed by atoms with E-state index in [1.807, 2.05) is 62.4 Å². The maximum Gasteiger partial charge on any atom is 0.118 e. The first-order valence-electron chi connectivity index (χ1n) is 6.94. The van der Waals surface area contributed by atoms with Crippen LogP contribution in [-0.2, 0) is 12.0 Å². The zero-order chi connectivity index (χ0) is 15.3. The molecule has 0 atom stereocenters. The molecule has 0 saturated heterocycles. The molecule has 0 aliphatic carbocycles. The molecule has 0 bridgehead atoms. The highest BCUT2D eigenvalue weighted by atomic mass is 16.5. The number of methoxy groups -OCH3 is 1. The van der Waals surface area contributed by atoms with E-state index >= 15 is 0 Å². The fraction of sp³-hybridized carbons (Fsp3) is 0.278. The highest BCUT2D eigenvalue weighted by Gasteiger charge is 2.18. The lowest BCUT2D eigenvalue weighted by Gasteiger charge is -2.16. The standard InChI is InChI=1S/C18H20N2O/c1-18(2,13-19)15-6-8-16(9-7-15)20-12-14-4-10-17(21-3)11-5-14/h4-11,20H,12H2,1-3H3. The van der Waals surface area contributed by atoms with Crippen molar-refractivity contribution in [1.82, 2.24) is 0 Å². The molecule has 3 heteroatoms. The van der Waals surface area contributed by atoms with E-state index in [0.29, 0.717) is 0 Å². The second-order valence-corrected chi connectivity index (χ2v) is 5.52. The molecule has 0 radical (unpaired) electrons. The zero-order valence-corrected chi connectivity index (χ0v) is 12.7. The molecule has 0 fully saturated rings. The monoisotopic (exact) mass is 280 g/mol. The number of anilines is 1. The molecule has 108 valence electrons. The third-order valence-electron chi connectivity index (χ3n) is 3.54. The second kappa shape index (κ2) is 6.32. The lowest BCUT2D eigenvalue weighted by atomic mass is 9.86. The third kappa shape index (κ3) is 3.76. The number of nitriles is 1. The predicted molar refractivity (Wildman–Crippen MR) is 85.4 cm³/mol. The Hall–Kier alpha value is -2.47. The summed E-state index contributed by atoms with van der Waals surface area (Å²) >= 11 is 0. The van der Waals surface area contributed by atoms with Crippen molar-refractivity contribution < 1.29 is 4.74 Å². The second-order valence-electron chi connectivity index (χ2n) is 5.52. The summed E-state index contributed by atoms with van der Waals surface area (Å²) in [6.07, 6.45) is 0. The summed E-state index contributed by atoms with van der Waals surface area (Å²) in [6.45, 7) is 4.60. The molecule has 0 saturated carbocycles. The van der Waals surface area contributed by atoms with Crippen LogP contribution >= 0.6 is 0 Å². The van der Waals surface area contributed by atoms with Gasteiger partial charge in [-0.2, -0.15) is 5.26 Å². The van der Waals surface area contributed by atoms with Crippen LogP contribution < -0.4 is 10.1 Å². The van der Waals surface area contributed by atoms with E-state index in [-0.39, 0.29) is 0 Å². The Morgan fingerprint density at radius 2 is 1.67 bits per heavy atom. The van der Waals surface area contributed by atoms with Gasteiger partial charge in [-0.3, -0.25) is 0 Å². The Labute approximate surface area is 126 Å². The summed E-state index contributed by atoms with van der Waals surface area (Å²) in [7, 11) is 1.66. The van der Waals surface area contributed by atoms with Crippen LogP contribution in [0.4, 0.5) is 5.69 Å². The molecule has 0 amide bonds. The molecule has 2 aromatic rings. The van der Waals surface area contributed by atoms with Gasteiger partial charge in [0.05, 0.1) is 18.6 Å². The first-order valence-corrected chi connectivity index (χ1v) is 6.94. The minimum Gasteiger partial charge on any atom is -0.497 e. The maximum atomic E-state index is 9.14.